The van der Waals surface area contributed by atoms with Gasteiger partial charge in [-0.05, 0) is 38.7 Å². The maximum Gasteiger partial charge on any atom is 0.341 e. The number of ether oxygens (including phenoxy) is 2. The average molecular weight is 346 g/mol. The lowest BCUT2D eigenvalue weighted by molar-refractivity contribution is -0.139. The van der Waals surface area contributed by atoms with Gasteiger partial charge in [0.25, 0.3) is 0 Å². The Kier molecular flexibility index (Phi) is 4.45. The molecule has 2 heterocycles. The Labute approximate surface area is 145 Å². The van der Waals surface area contributed by atoms with E-state index >= 15 is 0 Å². The molecule has 0 unspecified atom stereocenters. The van der Waals surface area contributed by atoms with Crippen LogP contribution in [0.1, 0.15) is 44.7 Å². The molecule has 0 spiro atoms. The number of benzene rings is 1. The van der Waals surface area contributed by atoms with E-state index in [0.717, 1.165) is 30.4 Å². The summed E-state index contributed by atoms with van der Waals surface area (Å²) in [5.41, 5.74) is 1.34. The Bertz CT molecular complexity index is 878. The van der Waals surface area contributed by atoms with Gasteiger partial charge in [-0.15, -0.1) is 0 Å². The van der Waals surface area contributed by atoms with Gasteiger partial charge in [0, 0.05) is 17.7 Å². The monoisotopic (exact) mass is 346 g/mol. The summed E-state index contributed by atoms with van der Waals surface area (Å²) in [7, 11) is 0. The number of aryl methyl sites for hydroxylation is 2. The molecule has 25 heavy (non-hydrogen) atoms. The van der Waals surface area contributed by atoms with E-state index in [2.05, 4.69) is 0 Å². The molecular weight excluding hydrogens is 324 g/mol. The molecule has 0 saturated carbocycles. The Hall–Kier alpha value is -2.50. The summed E-state index contributed by atoms with van der Waals surface area (Å²) in [4.78, 5) is 23.0. The summed E-state index contributed by atoms with van der Waals surface area (Å²) >= 11 is 0. The maximum atomic E-state index is 12.0. The SMILES string of the molecule is CCCc1cc(=O)oc2c3c(cc(OCC(=O)O)c12)OC(C)(C)CC3. The summed E-state index contributed by atoms with van der Waals surface area (Å²) in [5, 5.41) is 9.63. The van der Waals surface area contributed by atoms with Crippen molar-refractivity contribution in [3.8, 4) is 11.5 Å². The van der Waals surface area contributed by atoms with E-state index in [1.54, 1.807) is 6.07 Å². The fourth-order valence-electron chi connectivity index (χ4n) is 3.24. The van der Waals surface area contributed by atoms with Crippen LogP contribution in [0.2, 0.25) is 0 Å². The third-order valence-corrected chi connectivity index (χ3v) is 4.36. The molecule has 0 aliphatic carbocycles. The van der Waals surface area contributed by atoms with E-state index in [9.17, 15) is 9.59 Å². The summed E-state index contributed by atoms with van der Waals surface area (Å²) in [6.45, 7) is 5.52. The zero-order valence-corrected chi connectivity index (χ0v) is 14.7. The molecule has 1 aromatic heterocycles. The minimum absolute atomic E-state index is 0.341. The van der Waals surface area contributed by atoms with Crippen LogP contribution >= 0.6 is 0 Å². The third-order valence-electron chi connectivity index (χ3n) is 4.36. The Morgan fingerprint density at radius 3 is 2.80 bits per heavy atom. The predicted octanol–water partition coefficient (Wildman–Crippen LogP) is 3.31. The number of carbonyl (C=O) groups is 1. The zero-order valence-electron chi connectivity index (χ0n) is 14.7. The number of rotatable bonds is 5. The summed E-state index contributed by atoms with van der Waals surface area (Å²) < 4.78 is 17.0. The van der Waals surface area contributed by atoms with Crippen molar-refractivity contribution in [1.82, 2.24) is 0 Å². The van der Waals surface area contributed by atoms with Gasteiger partial charge in [-0.1, -0.05) is 13.3 Å². The van der Waals surface area contributed by atoms with Gasteiger partial charge in [-0.2, -0.15) is 0 Å². The van der Waals surface area contributed by atoms with Crippen LogP contribution in [0.4, 0.5) is 0 Å². The first kappa shape index (κ1) is 17.3. The maximum absolute atomic E-state index is 12.0. The van der Waals surface area contributed by atoms with Crippen LogP contribution in [-0.4, -0.2) is 23.3 Å². The van der Waals surface area contributed by atoms with E-state index in [-0.39, 0.29) is 5.60 Å². The molecule has 1 aromatic carbocycles. The highest BCUT2D eigenvalue weighted by Crippen LogP contribution is 2.42. The van der Waals surface area contributed by atoms with Crippen molar-refractivity contribution in [3.63, 3.8) is 0 Å². The number of hydrogen-bond acceptors (Lipinski definition) is 5. The Morgan fingerprint density at radius 1 is 1.36 bits per heavy atom. The first-order valence-corrected chi connectivity index (χ1v) is 8.47. The fourth-order valence-corrected chi connectivity index (χ4v) is 3.24. The van der Waals surface area contributed by atoms with Crippen molar-refractivity contribution in [2.75, 3.05) is 6.61 Å². The lowest BCUT2D eigenvalue weighted by Crippen LogP contribution is -2.32. The molecule has 6 heteroatoms. The van der Waals surface area contributed by atoms with Crippen LogP contribution in [0.5, 0.6) is 11.5 Å². The van der Waals surface area contributed by atoms with Crippen molar-refractivity contribution in [2.24, 2.45) is 0 Å². The van der Waals surface area contributed by atoms with E-state index in [0.29, 0.717) is 28.9 Å². The highest BCUT2D eigenvalue weighted by molar-refractivity contribution is 5.91. The molecule has 1 N–H and O–H groups in total. The summed E-state index contributed by atoms with van der Waals surface area (Å²) in [6, 6.07) is 3.18. The molecule has 134 valence electrons. The van der Waals surface area contributed by atoms with Gasteiger partial charge in [0.1, 0.15) is 22.7 Å². The molecule has 0 atom stereocenters. The molecule has 0 radical (unpaired) electrons. The quantitative estimate of drug-likeness (QED) is 0.836. The first-order chi connectivity index (χ1) is 11.8. The summed E-state index contributed by atoms with van der Waals surface area (Å²) in [6.07, 6.45) is 3.04. The minimum atomic E-state index is -1.07. The second-order valence-corrected chi connectivity index (χ2v) is 6.94. The van der Waals surface area contributed by atoms with Crippen molar-refractivity contribution < 1.29 is 23.8 Å². The largest absolute Gasteiger partial charge is 0.487 e. The highest BCUT2D eigenvalue weighted by Gasteiger charge is 2.30. The molecule has 3 rings (SSSR count). The Balaban J connectivity index is 2.27. The third kappa shape index (κ3) is 3.48. The molecule has 1 aliphatic rings. The van der Waals surface area contributed by atoms with Crippen LogP contribution in [0.15, 0.2) is 21.3 Å². The second kappa shape index (κ2) is 6.43. The second-order valence-electron chi connectivity index (χ2n) is 6.94. The Morgan fingerprint density at radius 2 is 2.12 bits per heavy atom. The van der Waals surface area contributed by atoms with Gasteiger partial charge in [-0.25, -0.2) is 9.59 Å². The molecular formula is C19H22O6. The molecule has 2 aromatic rings. The van der Waals surface area contributed by atoms with Crippen molar-refractivity contribution in [2.45, 2.75) is 52.1 Å². The predicted molar refractivity (Wildman–Crippen MR) is 92.6 cm³/mol. The van der Waals surface area contributed by atoms with Crippen LogP contribution in [-0.2, 0) is 17.6 Å². The molecule has 0 bridgehead atoms. The van der Waals surface area contributed by atoms with Crippen LogP contribution in [0, 0.1) is 0 Å². The normalized spacial score (nSPS) is 15.5. The molecule has 0 amide bonds. The van der Waals surface area contributed by atoms with Gasteiger partial charge >= 0.3 is 11.6 Å². The number of carboxylic acid groups (broad SMARTS) is 1. The minimum Gasteiger partial charge on any atom is -0.487 e. The molecule has 0 fully saturated rings. The van der Waals surface area contributed by atoms with Gasteiger partial charge < -0.3 is 19.0 Å². The smallest absolute Gasteiger partial charge is 0.341 e. The lowest BCUT2D eigenvalue weighted by atomic mass is 9.91. The fraction of sp³-hybridized carbons (Fsp3) is 0.474. The van der Waals surface area contributed by atoms with Crippen LogP contribution < -0.4 is 15.1 Å². The molecule has 0 saturated heterocycles. The van der Waals surface area contributed by atoms with Crippen LogP contribution in [0.3, 0.4) is 0 Å². The van der Waals surface area contributed by atoms with Gasteiger partial charge in [0.2, 0.25) is 0 Å². The molecule has 1 aliphatic heterocycles. The van der Waals surface area contributed by atoms with Crippen molar-refractivity contribution >= 4 is 16.9 Å². The van der Waals surface area contributed by atoms with Gasteiger partial charge in [0.15, 0.2) is 6.61 Å². The van der Waals surface area contributed by atoms with Gasteiger partial charge in [-0.3, -0.25) is 0 Å². The van der Waals surface area contributed by atoms with Gasteiger partial charge in [0.05, 0.1) is 5.39 Å². The van der Waals surface area contributed by atoms with Crippen molar-refractivity contribution in [1.29, 1.82) is 0 Å². The van der Waals surface area contributed by atoms with Crippen molar-refractivity contribution in [3.05, 3.63) is 33.7 Å². The average Bonchev–Trinajstić information content (AvgIpc) is 2.51. The number of hydrogen-bond donors (Lipinski definition) is 1. The van der Waals surface area contributed by atoms with E-state index in [4.69, 9.17) is 19.0 Å². The number of fused-ring (bicyclic) bond motifs is 3. The highest BCUT2D eigenvalue weighted by atomic mass is 16.5. The summed E-state index contributed by atoms with van der Waals surface area (Å²) in [5.74, 6) is -0.108. The first-order valence-electron chi connectivity index (χ1n) is 8.47. The van der Waals surface area contributed by atoms with E-state index in [1.165, 1.54) is 6.07 Å². The standard InChI is InChI=1S/C19H22O6/c1-4-5-11-8-16(22)24-18-12-6-7-19(2,3)25-13(12)9-14(17(11)18)23-10-15(20)21/h8-9H,4-7,10H2,1-3H3,(H,20,21). The van der Waals surface area contributed by atoms with E-state index in [1.807, 2.05) is 20.8 Å². The number of carboxylic acids is 1. The number of aliphatic carboxylic acids is 1. The van der Waals surface area contributed by atoms with E-state index < -0.39 is 18.2 Å². The zero-order chi connectivity index (χ0) is 18.2. The lowest BCUT2D eigenvalue weighted by Gasteiger charge is -2.33. The van der Waals surface area contributed by atoms with Crippen LogP contribution in [0.25, 0.3) is 11.0 Å². The molecule has 6 nitrogen and oxygen atoms in total. The topological polar surface area (TPSA) is 86.0 Å².